The summed E-state index contributed by atoms with van der Waals surface area (Å²) in [7, 11) is 0. The number of carbonyl (C=O) groups is 5. The van der Waals surface area contributed by atoms with Gasteiger partial charge in [-0.1, -0.05) is 0 Å². The molecule has 1 aromatic carbocycles. The van der Waals surface area contributed by atoms with Gasteiger partial charge >= 0.3 is 11.9 Å². The summed E-state index contributed by atoms with van der Waals surface area (Å²) >= 11 is 11.7. The van der Waals surface area contributed by atoms with E-state index < -0.39 is 17.2 Å². The molecule has 176 valence electrons. The second kappa shape index (κ2) is 13.2. The number of esters is 2. The fourth-order valence-electron chi connectivity index (χ4n) is 2.70. The average molecular weight is 805 g/mol. The Balaban J connectivity index is 3.73. The predicted molar refractivity (Wildman–Crippen MR) is 144 cm³/mol. The highest BCUT2D eigenvalue weighted by Crippen LogP contribution is 2.43. The molecule has 13 heteroatoms. The molecule has 1 aromatic rings. The number of ether oxygens (including phenoxy) is 2. The second-order valence-electron chi connectivity index (χ2n) is 6.31. The molecule has 0 aliphatic rings. The van der Waals surface area contributed by atoms with Gasteiger partial charge in [-0.15, -0.1) is 0 Å². The number of benzene rings is 1. The minimum atomic E-state index is -0.760. The number of rotatable bonds is 9. The normalized spacial score (nSPS) is 10.4. The molecule has 0 unspecified atom stereocenters. The van der Waals surface area contributed by atoms with E-state index in [4.69, 9.17) is 21.1 Å². The molecular weight excluding hydrogens is 784 g/mol. The van der Waals surface area contributed by atoms with Gasteiger partial charge in [0.2, 0.25) is 11.8 Å². The third-order valence-electron chi connectivity index (χ3n) is 4.01. The lowest BCUT2D eigenvalue weighted by Gasteiger charge is -2.30. The van der Waals surface area contributed by atoms with Gasteiger partial charge in [0.15, 0.2) is 0 Å². The van der Waals surface area contributed by atoms with E-state index in [1.165, 1.54) is 37.5 Å². The number of carbonyl (C=O) groups excluding carboxylic acids is 5. The molecule has 1 rings (SSSR count). The van der Waals surface area contributed by atoms with Gasteiger partial charge in [-0.3, -0.25) is 24.0 Å². The van der Waals surface area contributed by atoms with Crippen LogP contribution in [0.5, 0.6) is 0 Å². The van der Waals surface area contributed by atoms with Crippen LogP contribution in [-0.4, -0.2) is 55.3 Å². The fraction of sp³-hybridized carbons (Fsp3) is 0.421. The maximum atomic E-state index is 12.5. The molecule has 0 bridgehead atoms. The van der Waals surface area contributed by atoms with E-state index in [9.17, 15) is 24.0 Å². The highest BCUT2D eigenvalue weighted by atomic mass is 127. The maximum absolute atomic E-state index is 12.5. The molecule has 0 saturated heterocycles. The van der Waals surface area contributed by atoms with Crippen molar-refractivity contribution in [2.45, 2.75) is 27.7 Å². The summed E-state index contributed by atoms with van der Waals surface area (Å²) in [5.74, 6) is -1.71. The summed E-state index contributed by atoms with van der Waals surface area (Å²) in [6.45, 7) is 5.13. The third kappa shape index (κ3) is 7.65. The third-order valence-corrected chi connectivity index (χ3v) is 7.32. The first-order valence-electron chi connectivity index (χ1n) is 9.04. The second-order valence-corrected chi connectivity index (χ2v) is 9.89. The van der Waals surface area contributed by atoms with Crippen LogP contribution in [0.1, 0.15) is 38.1 Å². The summed E-state index contributed by atoms with van der Waals surface area (Å²) in [6, 6.07) is 0. The Morgan fingerprint density at radius 3 is 1.31 bits per heavy atom. The van der Waals surface area contributed by atoms with Gasteiger partial charge in [0, 0.05) is 27.7 Å². The molecule has 0 heterocycles. The number of nitrogens with zero attached hydrogens (tertiary/aromatic N) is 2. The SMILES string of the molecule is CC(=O)OCCN(C(C)=O)c1c(I)c(C(=O)Cl)c(I)c(N(CCOC(C)=O)C(C)=O)c1I. The van der Waals surface area contributed by atoms with E-state index in [-0.39, 0.29) is 43.7 Å². The number of hydrogen-bond donors (Lipinski definition) is 0. The molecule has 2 amide bonds. The van der Waals surface area contributed by atoms with Gasteiger partial charge in [-0.25, -0.2) is 0 Å². The zero-order valence-corrected chi connectivity index (χ0v) is 24.8. The minimum absolute atomic E-state index is 0.0321. The molecule has 0 radical (unpaired) electrons. The Hall–Kier alpha value is -0.750. The first kappa shape index (κ1) is 29.3. The van der Waals surface area contributed by atoms with E-state index in [1.54, 1.807) is 0 Å². The van der Waals surface area contributed by atoms with Crippen LogP contribution in [0.3, 0.4) is 0 Å². The van der Waals surface area contributed by atoms with Crippen LogP contribution in [-0.2, 0) is 28.7 Å². The Bertz CT molecular complexity index is 890. The average Bonchev–Trinajstić information content (AvgIpc) is 2.64. The molecule has 0 aromatic heterocycles. The number of hydrogen-bond acceptors (Lipinski definition) is 7. The smallest absolute Gasteiger partial charge is 0.302 e. The molecular formula is C19H20ClI3N2O7. The lowest BCUT2D eigenvalue weighted by atomic mass is 10.1. The summed E-state index contributed by atoms with van der Waals surface area (Å²) in [6.07, 6.45) is 0. The molecule has 0 saturated carbocycles. The van der Waals surface area contributed by atoms with Crippen LogP contribution < -0.4 is 9.80 Å². The van der Waals surface area contributed by atoms with Crippen LogP contribution in [0, 0.1) is 10.7 Å². The van der Waals surface area contributed by atoms with E-state index in [1.807, 2.05) is 67.8 Å². The van der Waals surface area contributed by atoms with Crippen molar-refractivity contribution < 1.29 is 33.4 Å². The quantitative estimate of drug-likeness (QED) is 0.213. The largest absolute Gasteiger partial charge is 0.464 e. The zero-order valence-electron chi connectivity index (χ0n) is 17.6. The van der Waals surface area contributed by atoms with E-state index >= 15 is 0 Å². The van der Waals surface area contributed by atoms with Crippen LogP contribution in [0.4, 0.5) is 11.4 Å². The lowest BCUT2D eigenvalue weighted by molar-refractivity contribution is -0.141. The topological polar surface area (TPSA) is 110 Å². The molecule has 0 spiro atoms. The monoisotopic (exact) mass is 804 g/mol. The van der Waals surface area contributed by atoms with Crippen molar-refractivity contribution in [3.63, 3.8) is 0 Å². The van der Waals surface area contributed by atoms with Gasteiger partial charge in [0.1, 0.15) is 13.2 Å². The van der Waals surface area contributed by atoms with E-state index in [0.717, 1.165) is 0 Å². The van der Waals surface area contributed by atoms with Gasteiger partial charge < -0.3 is 19.3 Å². The fourth-order valence-corrected chi connectivity index (χ4v) is 8.03. The van der Waals surface area contributed by atoms with Crippen molar-refractivity contribution in [3.05, 3.63) is 16.3 Å². The van der Waals surface area contributed by atoms with E-state index in [2.05, 4.69) is 0 Å². The Morgan fingerprint density at radius 2 is 1.06 bits per heavy atom. The number of halogens is 4. The molecule has 0 fully saturated rings. The number of amides is 2. The molecule has 0 aliphatic heterocycles. The highest BCUT2D eigenvalue weighted by molar-refractivity contribution is 14.1. The molecule has 32 heavy (non-hydrogen) atoms. The first-order chi connectivity index (χ1) is 14.8. The lowest BCUT2D eigenvalue weighted by Crippen LogP contribution is -2.37. The molecule has 0 atom stereocenters. The van der Waals surface area contributed by atoms with Crippen LogP contribution in [0.15, 0.2) is 0 Å². The highest BCUT2D eigenvalue weighted by Gasteiger charge is 2.31. The van der Waals surface area contributed by atoms with Gasteiger partial charge in [0.25, 0.3) is 5.24 Å². The van der Waals surface area contributed by atoms with Crippen molar-refractivity contribution in [3.8, 4) is 0 Å². The molecule has 9 nitrogen and oxygen atoms in total. The summed E-state index contributed by atoms with van der Waals surface area (Å²) in [4.78, 5) is 62.3. The predicted octanol–water partition coefficient (Wildman–Crippen LogP) is 3.71. The van der Waals surface area contributed by atoms with Crippen molar-refractivity contribution in [1.82, 2.24) is 0 Å². The van der Waals surface area contributed by atoms with Gasteiger partial charge in [0.05, 0.1) is 40.7 Å². The van der Waals surface area contributed by atoms with Crippen molar-refractivity contribution in [2.24, 2.45) is 0 Å². The van der Waals surface area contributed by atoms with Crippen molar-refractivity contribution >= 4 is 120 Å². The zero-order chi connectivity index (χ0) is 24.7. The van der Waals surface area contributed by atoms with Gasteiger partial charge in [-0.05, 0) is 79.4 Å². The summed E-state index contributed by atoms with van der Waals surface area (Å²) in [5.41, 5.74) is 0.865. The molecule has 0 aliphatic carbocycles. The first-order valence-corrected chi connectivity index (χ1v) is 12.7. The standard InChI is InChI=1S/C19H20ClI3N2O7/c1-9(26)24(5-7-31-11(3)28)17-14(21)13(19(20)30)15(22)18(16(17)23)25(10(2)27)6-8-32-12(4)29/h5-8H2,1-4H3. The van der Waals surface area contributed by atoms with Crippen LogP contribution >= 0.6 is 79.4 Å². The maximum Gasteiger partial charge on any atom is 0.302 e. The van der Waals surface area contributed by atoms with E-state index in [0.29, 0.717) is 22.1 Å². The van der Waals surface area contributed by atoms with Gasteiger partial charge in [-0.2, -0.15) is 0 Å². The summed E-state index contributed by atoms with van der Waals surface area (Å²) < 4.78 is 11.3. The van der Waals surface area contributed by atoms with Crippen molar-refractivity contribution in [2.75, 3.05) is 36.1 Å². The Labute approximate surface area is 231 Å². The van der Waals surface area contributed by atoms with Crippen LogP contribution in [0.2, 0.25) is 0 Å². The number of anilines is 2. The van der Waals surface area contributed by atoms with Crippen LogP contribution in [0.25, 0.3) is 0 Å². The molecule has 0 N–H and O–H groups in total. The Morgan fingerprint density at radius 1 is 0.719 bits per heavy atom. The minimum Gasteiger partial charge on any atom is -0.464 e. The summed E-state index contributed by atoms with van der Waals surface area (Å²) in [5, 5.41) is -0.760. The Kier molecular flexibility index (Phi) is 12.1. The van der Waals surface area contributed by atoms with Crippen molar-refractivity contribution in [1.29, 1.82) is 0 Å².